The van der Waals surface area contributed by atoms with Gasteiger partial charge < -0.3 is 24.8 Å². The predicted molar refractivity (Wildman–Crippen MR) is 112 cm³/mol. The molecule has 0 saturated heterocycles. The lowest BCUT2D eigenvalue weighted by Gasteiger charge is -2.17. The van der Waals surface area contributed by atoms with Gasteiger partial charge in [-0.15, -0.1) is 0 Å². The number of ether oxygens (including phenoxy) is 2. The van der Waals surface area contributed by atoms with Gasteiger partial charge in [-0.1, -0.05) is 31.0 Å². The molecular formula is C22H25ClO7. The summed E-state index contributed by atoms with van der Waals surface area (Å²) in [4.78, 5) is 22.4. The molecule has 3 N–H and O–H groups in total. The molecule has 0 aliphatic rings. The number of carboxylic acids is 1. The minimum absolute atomic E-state index is 0.0930. The molecule has 8 heteroatoms. The summed E-state index contributed by atoms with van der Waals surface area (Å²) in [6, 6.07) is 7.74. The number of rotatable bonds is 11. The third-order valence-electron chi connectivity index (χ3n) is 4.33. The van der Waals surface area contributed by atoms with E-state index in [1.807, 2.05) is 6.92 Å². The Hall–Kier alpha value is -2.77. The lowest BCUT2D eigenvalue weighted by molar-refractivity contribution is -0.136. The average Bonchev–Trinajstić information content (AvgIpc) is 2.67. The van der Waals surface area contributed by atoms with E-state index in [-0.39, 0.29) is 41.8 Å². The summed E-state index contributed by atoms with van der Waals surface area (Å²) < 4.78 is 11.1. The summed E-state index contributed by atoms with van der Waals surface area (Å²) in [5, 5.41) is 29.6. The number of carbonyl (C=O) groups is 2. The van der Waals surface area contributed by atoms with Crippen LogP contribution in [0.15, 0.2) is 30.3 Å². The van der Waals surface area contributed by atoms with Crippen LogP contribution in [-0.4, -0.2) is 46.4 Å². The lowest BCUT2D eigenvalue weighted by Crippen LogP contribution is -2.25. The molecule has 0 bridgehead atoms. The number of aliphatic hydroxyl groups is 1. The molecule has 2 aromatic rings. The average molecular weight is 437 g/mol. The highest BCUT2D eigenvalue weighted by Crippen LogP contribution is 2.33. The van der Waals surface area contributed by atoms with Crippen LogP contribution in [0.5, 0.6) is 17.2 Å². The van der Waals surface area contributed by atoms with Gasteiger partial charge in [0.15, 0.2) is 5.78 Å². The SMILES string of the molecule is CCCc1c(OCC(O)COc2ccc(CC(=O)O)cc2Cl)ccc(C(C)=O)c1O. The summed E-state index contributed by atoms with van der Waals surface area (Å²) in [6.07, 6.45) is 0.135. The topological polar surface area (TPSA) is 113 Å². The molecule has 0 heterocycles. The Morgan fingerprint density at radius 1 is 1.10 bits per heavy atom. The monoisotopic (exact) mass is 436 g/mol. The van der Waals surface area contributed by atoms with E-state index in [1.54, 1.807) is 18.2 Å². The van der Waals surface area contributed by atoms with E-state index in [0.717, 1.165) is 6.42 Å². The fourth-order valence-corrected chi connectivity index (χ4v) is 3.15. The van der Waals surface area contributed by atoms with Crippen molar-refractivity contribution in [1.29, 1.82) is 0 Å². The highest BCUT2D eigenvalue weighted by Gasteiger charge is 2.17. The minimum atomic E-state index is -0.983. The molecule has 0 radical (unpaired) electrons. The number of Topliss-reactive ketones (excluding diaryl/α,β-unsaturated/α-hetero) is 1. The molecule has 0 fully saturated rings. The van der Waals surface area contributed by atoms with Gasteiger partial charge in [0.2, 0.25) is 0 Å². The van der Waals surface area contributed by atoms with Crippen molar-refractivity contribution < 1.29 is 34.4 Å². The molecule has 0 saturated carbocycles. The zero-order valence-corrected chi connectivity index (χ0v) is 17.6. The Morgan fingerprint density at radius 2 is 1.73 bits per heavy atom. The fourth-order valence-electron chi connectivity index (χ4n) is 2.89. The van der Waals surface area contributed by atoms with E-state index >= 15 is 0 Å². The first-order chi connectivity index (χ1) is 14.2. The third kappa shape index (κ3) is 6.37. The van der Waals surface area contributed by atoms with E-state index in [0.29, 0.717) is 29.0 Å². The quantitative estimate of drug-likeness (QED) is 0.461. The number of benzene rings is 2. The first-order valence-electron chi connectivity index (χ1n) is 9.52. The molecule has 0 spiro atoms. The zero-order chi connectivity index (χ0) is 22.3. The summed E-state index contributed by atoms with van der Waals surface area (Å²) in [5.74, 6) is -0.580. The number of aliphatic carboxylic acids is 1. The molecule has 1 atom stereocenters. The second-order valence-electron chi connectivity index (χ2n) is 6.86. The van der Waals surface area contributed by atoms with Crippen LogP contribution in [-0.2, 0) is 17.6 Å². The zero-order valence-electron chi connectivity index (χ0n) is 16.9. The molecule has 0 amide bonds. The molecular weight excluding hydrogens is 412 g/mol. The van der Waals surface area contributed by atoms with E-state index < -0.39 is 12.1 Å². The van der Waals surface area contributed by atoms with Crippen LogP contribution in [0.2, 0.25) is 5.02 Å². The number of hydrogen-bond donors (Lipinski definition) is 3. The summed E-state index contributed by atoms with van der Waals surface area (Å²) in [5.41, 5.74) is 1.30. The standard InChI is InChI=1S/C22H25ClO7/c1-3-4-17-19(8-6-16(13(2)24)22(17)28)29-11-15(25)12-30-20-7-5-14(9-18(20)23)10-21(26)27/h5-9,15,25,28H,3-4,10-12H2,1-2H3,(H,26,27). The predicted octanol–water partition coefficient (Wildman–Crippen LogP) is 3.65. The summed E-state index contributed by atoms with van der Waals surface area (Å²) >= 11 is 6.10. The maximum absolute atomic E-state index is 11.6. The van der Waals surface area contributed by atoms with Gasteiger partial charge in [0.1, 0.15) is 36.6 Å². The Bertz CT molecular complexity index is 911. The van der Waals surface area contributed by atoms with E-state index in [2.05, 4.69) is 0 Å². The molecule has 0 aliphatic heterocycles. The van der Waals surface area contributed by atoms with Crippen molar-refractivity contribution in [3.05, 3.63) is 52.0 Å². The minimum Gasteiger partial charge on any atom is -0.507 e. The van der Waals surface area contributed by atoms with Crippen molar-refractivity contribution in [2.45, 2.75) is 39.2 Å². The molecule has 1 unspecified atom stereocenters. The van der Waals surface area contributed by atoms with Crippen LogP contribution in [0.4, 0.5) is 0 Å². The van der Waals surface area contributed by atoms with Gasteiger partial charge in [-0.3, -0.25) is 9.59 Å². The molecule has 0 aromatic heterocycles. The Labute approximate surface area is 179 Å². The highest BCUT2D eigenvalue weighted by molar-refractivity contribution is 6.32. The van der Waals surface area contributed by atoms with Gasteiger partial charge in [-0.2, -0.15) is 0 Å². The summed E-state index contributed by atoms with van der Waals surface area (Å²) in [7, 11) is 0. The first-order valence-corrected chi connectivity index (χ1v) is 9.90. The molecule has 0 aliphatic carbocycles. The lowest BCUT2D eigenvalue weighted by atomic mass is 10.0. The van der Waals surface area contributed by atoms with Crippen LogP contribution >= 0.6 is 11.6 Å². The van der Waals surface area contributed by atoms with Gasteiger partial charge in [-0.05, 0) is 43.2 Å². The molecule has 2 aromatic carbocycles. The van der Waals surface area contributed by atoms with Crippen LogP contribution in [0.25, 0.3) is 0 Å². The van der Waals surface area contributed by atoms with Crippen molar-refractivity contribution in [1.82, 2.24) is 0 Å². The fraction of sp³-hybridized carbons (Fsp3) is 0.364. The van der Waals surface area contributed by atoms with Crippen molar-refractivity contribution in [3.63, 3.8) is 0 Å². The molecule has 2 rings (SSSR count). The number of halogens is 1. The maximum atomic E-state index is 11.6. The molecule has 162 valence electrons. The van der Waals surface area contributed by atoms with E-state index in [4.69, 9.17) is 26.2 Å². The van der Waals surface area contributed by atoms with Crippen LogP contribution in [0.1, 0.15) is 41.8 Å². The van der Waals surface area contributed by atoms with E-state index in [1.165, 1.54) is 19.1 Å². The Kier molecular flexibility index (Phi) is 8.50. The number of phenolic OH excluding ortho intramolecular Hbond substituents is 1. The Morgan fingerprint density at radius 3 is 2.30 bits per heavy atom. The van der Waals surface area contributed by atoms with Gasteiger partial charge in [0, 0.05) is 5.56 Å². The van der Waals surface area contributed by atoms with Gasteiger partial charge in [0.25, 0.3) is 0 Å². The second-order valence-corrected chi connectivity index (χ2v) is 7.26. The highest BCUT2D eigenvalue weighted by atomic mass is 35.5. The molecule has 7 nitrogen and oxygen atoms in total. The van der Waals surface area contributed by atoms with Crippen LogP contribution in [0, 0.1) is 0 Å². The van der Waals surface area contributed by atoms with Gasteiger partial charge in [-0.25, -0.2) is 0 Å². The first kappa shape index (κ1) is 23.5. The van der Waals surface area contributed by atoms with Crippen molar-refractivity contribution >= 4 is 23.4 Å². The van der Waals surface area contributed by atoms with Gasteiger partial charge >= 0.3 is 5.97 Å². The van der Waals surface area contributed by atoms with Crippen LogP contribution < -0.4 is 9.47 Å². The number of phenols is 1. The Balaban J connectivity index is 1.98. The number of ketones is 1. The summed E-state index contributed by atoms with van der Waals surface area (Å²) in [6.45, 7) is 3.13. The number of aromatic hydroxyl groups is 1. The number of carboxylic acid groups (broad SMARTS) is 1. The normalized spacial score (nSPS) is 11.7. The smallest absolute Gasteiger partial charge is 0.307 e. The molecule has 30 heavy (non-hydrogen) atoms. The number of aliphatic hydroxyl groups excluding tert-OH is 1. The van der Waals surface area contributed by atoms with E-state index in [9.17, 15) is 19.8 Å². The van der Waals surface area contributed by atoms with Gasteiger partial charge in [0.05, 0.1) is 17.0 Å². The van der Waals surface area contributed by atoms with Crippen molar-refractivity contribution in [2.75, 3.05) is 13.2 Å². The third-order valence-corrected chi connectivity index (χ3v) is 4.63. The van der Waals surface area contributed by atoms with Crippen LogP contribution in [0.3, 0.4) is 0 Å². The largest absolute Gasteiger partial charge is 0.507 e. The number of hydrogen-bond acceptors (Lipinski definition) is 6. The number of carbonyl (C=O) groups excluding carboxylic acids is 1. The maximum Gasteiger partial charge on any atom is 0.307 e. The van der Waals surface area contributed by atoms with Crippen molar-refractivity contribution in [3.8, 4) is 17.2 Å². The second kappa shape index (κ2) is 10.8. The van der Waals surface area contributed by atoms with Crippen molar-refractivity contribution in [2.24, 2.45) is 0 Å².